The number of hydrogen-bond donors (Lipinski definition) is 0. The van der Waals surface area contributed by atoms with Gasteiger partial charge in [-0.3, -0.25) is 0 Å². The van der Waals surface area contributed by atoms with Crippen LogP contribution in [0.3, 0.4) is 0 Å². The van der Waals surface area contributed by atoms with Crippen LogP contribution in [0.25, 0.3) is 0 Å². The van der Waals surface area contributed by atoms with Crippen molar-refractivity contribution in [1.29, 1.82) is 0 Å². The van der Waals surface area contributed by atoms with Crippen LogP contribution in [-0.4, -0.2) is 0 Å². The second kappa shape index (κ2) is 6.50. The number of halogens is 4. The molecular weight excluding hydrogens is 329 g/mol. The molecule has 0 bridgehead atoms. The molecule has 1 unspecified atom stereocenters. The highest BCUT2D eigenvalue weighted by Crippen LogP contribution is 2.37. The second-order valence-electron chi connectivity index (χ2n) is 5.74. The van der Waals surface area contributed by atoms with E-state index in [9.17, 15) is 13.2 Å². The van der Waals surface area contributed by atoms with Crippen LogP contribution in [0.2, 0.25) is 0 Å². The molecule has 0 N–H and O–H groups in total. The maximum Gasteiger partial charge on any atom is 0.416 e. The van der Waals surface area contributed by atoms with Gasteiger partial charge in [-0.1, -0.05) is 60.2 Å². The van der Waals surface area contributed by atoms with Gasteiger partial charge >= 0.3 is 6.18 Å². The first kappa shape index (κ1) is 15.9. The van der Waals surface area contributed by atoms with Crippen molar-refractivity contribution in [1.82, 2.24) is 0 Å². The van der Waals surface area contributed by atoms with Crippen LogP contribution in [0.1, 0.15) is 60.5 Å². The Hall–Kier alpha value is -0.510. The molecule has 1 saturated carbocycles. The standard InChI is InChI=1S/C16H20BrF3/c1-11(17)13-7-8-14(15(10-13)16(18,19)20)9-12-5-3-2-4-6-12/h7-8,10-12H,2-6,9H2,1H3. The summed E-state index contributed by atoms with van der Waals surface area (Å²) in [5.74, 6) is 0.414. The molecule has 1 aromatic rings. The van der Waals surface area contributed by atoms with Gasteiger partial charge < -0.3 is 0 Å². The van der Waals surface area contributed by atoms with Gasteiger partial charge in [0, 0.05) is 4.83 Å². The Balaban J connectivity index is 2.26. The summed E-state index contributed by atoms with van der Waals surface area (Å²) >= 11 is 3.34. The van der Waals surface area contributed by atoms with E-state index in [1.165, 1.54) is 12.5 Å². The number of rotatable bonds is 3. The van der Waals surface area contributed by atoms with Gasteiger partial charge in [0.05, 0.1) is 5.56 Å². The average Bonchev–Trinajstić information content (AvgIpc) is 2.39. The molecular formula is C16H20BrF3. The molecule has 4 heteroatoms. The van der Waals surface area contributed by atoms with Gasteiger partial charge in [0.2, 0.25) is 0 Å². The lowest BCUT2D eigenvalue weighted by Crippen LogP contribution is -2.15. The van der Waals surface area contributed by atoms with E-state index in [-0.39, 0.29) is 4.83 Å². The first-order valence-corrected chi connectivity index (χ1v) is 8.13. The van der Waals surface area contributed by atoms with Crippen LogP contribution in [0, 0.1) is 5.92 Å². The van der Waals surface area contributed by atoms with Crippen molar-refractivity contribution < 1.29 is 13.2 Å². The van der Waals surface area contributed by atoms with Crippen LogP contribution in [0.15, 0.2) is 18.2 Å². The maximum absolute atomic E-state index is 13.2. The monoisotopic (exact) mass is 348 g/mol. The van der Waals surface area contributed by atoms with Gasteiger partial charge in [0.15, 0.2) is 0 Å². The lowest BCUT2D eigenvalue weighted by molar-refractivity contribution is -0.138. The average molecular weight is 349 g/mol. The summed E-state index contributed by atoms with van der Waals surface area (Å²) in [6, 6.07) is 4.79. The van der Waals surface area contributed by atoms with Gasteiger partial charge in [-0.2, -0.15) is 13.2 Å². The largest absolute Gasteiger partial charge is 0.416 e. The van der Waals surface area contributed by atoms with Crippen molar-refractivity contribution in [2.75, 3.05) is 0 Å². The summed E-state index contributed by atoms with van der Waals surface area (Å²) in [5, 5.41) is 0. The molecule has 0 amide bonds. The fourth-order valence-electron chi connectivity index (χ4n) is 2.99. The lowest BCUT2D eigenvalue weighted by Gasteiger charge is -2.23. The Labute approximate surface area is 126 Å². The van der Waals surface area contributed by atoms with Crippen molar-refractivity contribution >= 4 is 15.9 Å². The van der Waals surface area contributed by atoms with Crippen molar-refractivity contribution in [2.24, 2.45) is 5.92 Å². The summed E-state index contributed by atoms with van der Waals surface area (Å²) in [6.07, 6.45) is 1.96. The highest BCUT2D eigenvalue weighted by molar-refractivity contribution is 9.09. The van der Waals surface area contributed by atoms with Crippen molar-refractivity contribution in [3.05, 3.63) is 34.9 Å². The predicted octanol–water partition coefficient (Wildman–Crippen LogP) is 6.28. The highest BCUT2D eigenvalue weighted by atomic mass is 79.9. The third kappa shape index (κ3) is 4.00. The number of hydrogen-bond acceptors (Lipinski definition) is 0. The van der Waals surface area contributed by atoms with E-state index >= 15 is 0 Å². The first-order chi connectivity index (χ1) is 9.38. The predicted molar refractivity (Wildman–Crippen MR) is 79.1 cm³/mol. The van der Waals surface area contributed by atoms with Gasteiger partial charge in [-0.05, 0) is 36.5 Å². The van der Waals surface area contributed by atoms with Gasteiger partial charge in [-0.25, -0.2) is 0 Å². The van der Waals surface area contributed by atoms with Crippen LogP contribution < -0.4 is 0 Å². The van der Waals surface area contributed by atoms with Crippen molar-refractivity contribution in [2.45, 2.75) is 56.5 Å². The topological polar surface area (TPSA) is 0 Å². The molecule has 0 spiro atoms. The van der Waals surface area contributed by atoms with E-state index in [0.29, 0.717) is 23.5 Å². The fraction of sp³-hybridized carbons (Fsp3) is 0.625. The Morgan fingerprint density at radius 3 is 2.40 bits per heavy atom. The van der Waals surface area contributed by atoms with Crippen LogP contribution in [-0.2, 0) is 12.6 Å². The summed E-state index contributed by atoms with van der Waals surface area (Å²) < 4.78 is 39.7. The lowest BCUT2D eigenvalue weighted by atomic mass is 9.83. The van der Waals surface area contributed by atoms with E-state index in [1.54, 1.807) is 6.07 Å². The summed E-state index contributed by atoms with van der Waals surface area (Å²) in [7, 11) is 0. The molecule has 0 saturated heterocycles. The van der Waals surface area contributed by atoms with Gasteiger partial charge in [0.25, 0.3) is 0 Å². The van der Waals surface area contributed by atoms with Crippen LogP contribution in [0.5, 0.6) is 0 Å². The Kier molecular flexibility index (Phi) is 5.16. The van der Waals surface area contributed by atoms with Gasteiger partial charge in [0.1, 0.15) is 0 Å². The summed E-state index contributed by atoms with van der Waals surface area (Å²) in [5.41, 5.74) is 0.692. The number of benzene rings is 1. The van der Waals surface area contributed by atoms with E-state index in [2.05, 4.69) is 15.9 Å². The minimum absolute atomic E-state index is 0.0627. The zero-order chi connectivity index (χ0) is 14.8. The molecule has 2 rings (SSSR count). The molecule has 0 heterocycles. The molecule has 1 aliphatic carbocycles. The minimum atomic E-state index is -4.26. The molecule has 1 aliphatic rings. The summed E-state index contributed by atoms with van der Waals surface area (Å²) in [4.78, 5) is -0.0627. The van der Waals surface area contributed by atoms with Crippen LogP contribution in [0.4, 0.5) is 13.2 Å². The Bertz CT molecular complexity index is 446. The normalized spacial score (nSPS) is 19.1. The van der Waals surface area contributed by atoms with E-state index in [0.717, 1.165) is 25.7 Å². The molecule has 0 radical (unpaired) electrons. The minimum Gasteiger partial charge on any atom is -0.166 e. The Morgan fingerprint density at radius 1 is 1.20 bits per heavy atom. The van der Waals surface area contributed by atoms with E-state index < -0.39 is 11.7 Å². The summed E-state index contributed by atoms with van der Waals surface area (Å²) in [6.45, 7) is 1.84. The molecule has 0 aliphatic heterocycles. The molecule has 1 fully saturated rings. The molecule has 0 aromatic heterocycles. The third-order valence-corrected chi connectivity index (χ3v) is 4.66. The zero-order valence-electron chi connectivity index (χ0n) is 11.6. The third-order valence-electron chi connectivity index (χ3n) is 4.13. The SMILES string of the molecule is CC(Br)c1ccc(CC2CCCCC2)c(C(F)(F)F)c1. The molecule has 1 aromatic carbocycles. The quantitative estimate of drug-likeness (QED) is 0.563. The Morgan fingerprint density at radius 2 is 1.85 bits per heavy atom. The number of alkyl halides is 4. The zero-order valence-corrected chi connectivity index (χ0v) is 13.2. The van der Waals surface area contributed by atoms with Crippen molar-refractivity contribution in [3.8, 4) is 0 Å². The van der Waals surface area contributed by atoms with E-state index in [4.69, 9.17) is 0 Å². The maximum atomic E-state index is 13.2. The molecule has 1 atom stereocenters. The molecule has 20 heavy (non-hydrogen) atoms. The highest BCUT2D eigenvalue weighted by Gasteiger charge is 2.34. The van der Waals surface area contributed by atoms with Crippen molar-refractivity contribution in [3.63, 3.8) is 0 Å². The smallest absolute Gasteiger partial charge is 0.166 e. The van der Waals surface area contributed by atoms with E-state index in [1.807, 2.05) is 13.0 Å². The van der Waals surface area contributed by atoms with Gasteiger partial charge in [-0.15, -0.1) is 0 Å². The fourth-order valence-corrected chi connectivity index (χ4v) is 3.27. The molecule has 0 nitrogen and oxygen atoms in total. The second-order valence-corrected chi connectivity index (χ2v) is 7.11. The molecule has 112 valence electrons. The van der Waals surface area contributed by atoms with Crippen LogP contribution >= 0.6 is 15.9 Å². The first-order valence-electron chi connectivity index (χ1n) is 7.22.